The topological polar surface area (TPSA) is 85.4 Å². The smallest absolute Gasteiger partial charge is 0.229 e. The highest BCUT2D eigenvalue weighted by Gasteiger charge is 2.14. The molecule has 0 radical (unpaired) electrons. The standard InChI is InChI=1S/C27H26N2O4S2/c1-2-35(31,32)23-12-10-21(11-13-23)17-25(30)29-26-18-22(19-34-26)24-9-6-15-28-27(24)33-16-14-20-7-4-3-5-8-20/h3-13,15,18-19H,2,14,16-17H2,1H3,(H,29,30). The molecule has 2 aromatic carbocycles. The van der Waals surface area contributed by atoms with Gasteiger partial charge in [0.1, 0.15) is 0 Å². The van der Waals surface area contributed by atoms with Gasteiger partial charge < -0.3 is 10.1 Å². The zero-order valence-electron chi connectivity index (χ0n) is 19.3. The number of pyridine rings is 1. The molecule has 4 aromatic rings. The number of rotatable bonds is 10. The SMILES string of the molecule is CCS(=O)(=O)c1ccc(CC(=O)Nc2cc(-c3cccnc3OCCc3ccccc3)cs2)cc1. The number of hydrogen-bond acceptors (Lipinski definition) is 6. The fourth-order valence-corrected chi connectivity index (χ4v) is 5.23. The third kappa shape index (κ3) is 6.55. The van der Waals surface area contributed by atoms with Gasteiger partial charge in [-0.2, -0.15) is 0 Å². The van der Waals surface area contributed by atoms with Crippen LogP contribution in [-0.2, 0) is 27.5 Å². The summed E-state index contributed by atoms with van der Waals surface area (Å²) < 4.78 is 29.9. The van der Waals surface area contributed by atoms with Crippen molar-refractivity contribution in [2.75, 3.05) is 17.7 Å². The molecule has 0 unspecified atom stereocenters. The number of sulfone groups is 1. The maximum atomic E-state index is 12.5. The van der Waals surface area contributed by atoms with Crippen molar-refractivity contribution in [2.45, 2.75) is 24.7 Å². The van der Waals surface area contributed by atoms with Crippen LogP contribution < -0.4 is 10.1 Å². The average Bonchev–Trinajstić information content (AvgIpc) is 3.33. The highest BCUT2D eigenvalue weighted by Crippen LogP contribution is 2.34. The van der Waals surface area contributed by atoms with E-state index in [2.05, 4.69) is 22.4 Å². The fourth-order valence-electron chi connectivity index (χ4n) is 3.53. The Labute approximate surface area is 209 Å². The van der Waals surface area contributed by atoms with Gasteiger partial charge in [0.25, 0.3) is 0 Å². The molecule has 0 aliphatic heterocycles. The van der Waals surface area contributed by atoms with Crippen molar-refractivity contribution in [3.05, 3.63) is 95.5 Å². The maximum absolute atomic E-state index is 12.5. The molecule has 6 nitrogen and oxygen atoms in total. The lowest BCUT2D eigenvalue weighted by atomic mass is 10.1. The van der Waals surface area contributed by atoms with Crippen LogP contribution >= 0.6 is 11.3 Å². The number of anilines is 1. The molecule has 0 aliphatic carbocycles. The summed E-state index contributed by atoms with van der Waals surface area (Å²) in [5, 5.41) is 5.60. The number of thiophene rings is 1. The normalized spacial score (nSPS) is 11.2. The van der Waals surface area contributed by atoms with Gasteiger partial charge in [-0.1, -0.05) is 49.4 Å². The summed E-state index contributed by atoms with van der Waals surface area (Å²) in [5.41, 5.74) is 3.73. The van der Waals surface area contributed by atoms with E-state index in [-0.39, 0.29) is 23.0 Å². The number of benzene rings is 2. The molecule has 2 heterocycles. The molecule has 1 N–H and O–H groups in total. The van der Waals surface area contributed by atoms with Gasteiger partial charge in [-0.15, -0.1) is 11.3 Å². The number of amides is 1. The van der Waals surface area contributed by atoms with E-state index in [9.17, 15) is 13.2 Å². The van der Waals surface area contributed by atoms with Crippen LogP contribution in [0.15, 0.2) is 89.3 Å². The Balaban J connectivity index is 1.37. The number of ether oxygens (including phenoxy) is 1. The second-order valence-electron chi connectivity index (χ2n) is 7.91. The summed E-state index contributed by atoms with van der Waals surface area (Å²) in [7, 11) is -3.25. The number of carbonyl (C=O) groups excluding carboxylic acids is 1. The largest absolute Gasteiger partial charge is 0.477 e. The van der Waals surface area contributed by atoms with Gasteiger partial charge in [-0.05, 0) is 47.0 Å². The molecule has 35 heavy (non-hydrogen) atoms. The Morgan fingerprint density at radius 3 is 2.51 bits per heavy atom. The van der Waals surface area contributed by atoms with Crippen LogP contribution in [0, 0.1) is 0 Å². The Morgan fingerprint density at radius 2 is 1.77 bits per heavy atom. The predicted octanol–water partition coefficient (Wildman–Crippen LogP) is 5.41. The van der Waals surface area contributed by atoms with Crippen molar-refractivity contribution in [3.8, 4) is 17.0 Å². The minimum Gasteiger partial charge on any atom is -0.477 e. The fraction of sp³-hybridized carbons (Fsp3) is 0.185. The second-order valence-corrected chi connectivity index (χ2v) is 11.1. The molecule has 0 aliphatic rings. The Bertz CT molecular complexity index is 1380. The highest BCUT2D eigenvalue weighted by molar-refractivity contribution is 7.91. The van der Waals surface area contributed by atoms with Crippen LogP contribution in [0.2, 0.25) is 0 Å². The van der Waals surface area contributed by atoms with E-state index in [0.29, 0.717) is 17.5 Å². The number of hydrogen-bond donors (Lipinski definition) is 1. The number of nitrogens with zero attached hydrogens (tertiary/aromatic N) is 1. The molecule has 4 rings (SSSR count). The van der Waals surface area contributed by atoms with Crippen molar-refractivity contribution in [2.24, 2.45) is 0 Å². The summed E-state index contributed by atoms with van der Waals surface area (Å²) in [6, 6.07) is 22.3. The predicted molar refractivity (Wildman–Crippen MR) is 140 cm³/mol. The van der Waals surface area contributed by atoms with E-state index in [1.807, 2.05) is 41.8 Å². The monoisotopic (exact) mass is 506 g/mol. The lowest BCUT2D eigenvalue weighted by Crippen LogP contribution is -2.13. The minimum absolute atomic E-state index is 0.0459. The first-order chi connectivity index (χ1) is 16.9. The van der Waals surface area contributed by atoms with Crippen LogP contribution in [0.25, 0.3) is 11.1 Å². The van der Waals surface area contributed by atoms with Crippen LogP contribution in [0.4, 0.5) is 5.00 Å². The Morgan fingerprint density at radius 1 is 1.00 bits per heavy atom. The summed E-state index contributed by atoms with van der Waals surface area (Å²) >= 11 is 1.43. The Kier molecular flexibility index (Phi) is 7.94. The van der Waals surface area contributed by atoms with E-state index < -0.39 is 9.84 Å². The Hall–Kier alpha value is -3.49. The van der Waals surface area contributed by atoms with Crippen molar-refractivity contribution in [3.63, 3.8) is 0 Å². The molecular weight excluding hydrogens is 480 g/mol. The molecule has 2 aromatic heterocycles. The molecule has 8 heteroatoms. The first-order valence-electron chi connectivity index (χ1n) is 11.3. The summed E-state index contributed by atoms with van der Waals surface area (Å²) in [4.78, 5) is 17.2. The minimum atomic E-state index is -3.25. The molecule has 0 atom stereocenters. The molecule has 0 spiro atoms. The van der Waals surface area contributed by atoms with Crippen molar-refractivity contribution < 1.29 is 17.9 Å². The highest BCUT2D eigenvalue weighted by atomic mass is 32.2. The first kappa shape index (κ1) is 24.6. The van der Waals surface area contributed by atoms with Gasteiger partial charge >= 0.3 is 0 Å². The average molecular weight is 507 g/mol. The van der Waals surface area contributed by atoms with Crippen molar-refractivity contribution >= 4 is 32.1 Å². The van der Waals surface area contributed by atoms with E-state index >= 15 is 0 Å². The van der Waals surface area contributed by atoms with E-state index in [0.717, 1.165) is 23.1 Å². The maximum Gasteiger partial charge on any atom is 0.229 e. The molecule has 0 saturated carbocycles. The van der Waals surface area contributed by atoms with Gasteiger partial charge in [0.05, 0.1) is 28.7 Å². The van der Waals surface area contributed by atoms with Gasteiger partial charge in [0.2, 0.25) is 11.8 Å². The molecule has 0 bridgehead atoms. The number of carbonyl (C=O) groups is 1. The van der Waals surface area contributed by atoms with Gasteiger partial charge in [-0.3, -0.25) is 4.79 Å². The van der Waals surface area contributed by atoms with Crippen molar-refractivity contribution in [1.82, 2.24) is 4.98 Å². The molecule has 0 fully saturated rings. The third-order valence-electron chi connectivity index (χ3n) is 5.44. The number of aromatic nitrogens is 1. The van der Waals surface area contributed by atoms with Gasteiger partial charge in [0.15, 0.2) is 9.84 Å². The quantitative estimate of drug-likeness (QED) is 0.311. The number of nitrogens with one attached hydrogen (secondary N) is 1. The third-order valence-corrected chi connectivity index (χ3v) is 8.04. The molecular formula is C27H26N2O4S2. The van der Waals surface area contributed by atoms with E-state index in [1.54, 1.807) is 37.4 Å². The van der Waals surface area contributed by atoms with E-state index in [4.69, 9.17) is 4.74 Å². The lowest BCUT2D eigenvalue weighted by Gasteiger charge is -2.09. The van der Waals surface area contributed by atoms with Crippen LogP contribution in [0.1, 0.15) is 18.1 Å². The lowest BCUT2D eigenvalue weighted by molar-refractivity contribution is -0.115. The van der Waals surface area contributed by atoms with E-state index in [1.165, 1.54) is 16.9 Å². The molecule has 1 amide bonds. The van der Waals surface area contributed by atoms with Gasteiger partial charge in [-0.25, -0.2) is 13.4 Å². The molecule has 180 valence electrons. The van der Waals surface area contributed by atoms with Crippen LogP contribution in [0.3, 0.4) is 0 Å². The summed E-state index contributed by atoms with van der Waals surface area (Å²) in [6.45, 7) is 2.12. The zero-order valence-corrected chi connectivity index (χ0v) is 20.9. The second kappa shape index (κ2) is 11.3. The zero-order chi connectivity index (χ0) is 24.7. The van der Waals surface area contributed by atoms with Crippen molar-refractivity contribution in [1.29, 1.82) is 0 Å². The van der Waals surface area contributed by atoms with Gasteiger partial charge in [0, 0.05) is 23.6 Å². The molecule has 0 saturated heterocycles. The first-order valence-corrected chi connectivity index (χ1v) is 13.8. The van der Waals surface area contributed by atoms with Crippen LogP contribution in [-0.4, -0.2) is 31.7 Å². The van der Waals surface area contributed by atoms with Crippen LogP contribution in [0.5, 0.6) is 5.88 Å². The summed E-state index contributed by atoms with van der Waals surface area (Å²) in [5.74, 6) is 0.431. The summed E-state index contributed by atoms with van der Waals surface area (Å²) in [6.07, 6.45) is 2.64.